The molecule has 0 saturated heterocycles. The van der Waals surface area contributed by atoms with Gasteiger partial charge in [0, 0.05) is 13.1 Å². The van der Waals surface area contributed by atoms with Gasteiger partial charge in [-0.15, -0.1) is 0 Å². The number of rotatable bonds is 5. The first-order chi connectivity index (χ1) is 8.17. The summed E-state index contributed by atoms with van der Waals surface area (Å²) in [6, 6.07) is 0.405. The number of carbonyl (C=O) groups excluding carboxylic acids is 1. The highest BCUT2D eigenvalue weighted by atomic mass is 16.1. The Morgan fingerprint density at radius 2 is 2.18 bits per heavy atom. The molecule has 1 aliphatic carbocycles. The molecule has 94 valence electrons. The SMILES string of the molecule is CCCc1nn(C)c(CC)c1C(=O)NC1CC1. The molecule has 4 heteroatoms. The van der Waals surface area contributed by atoms with Crippen molar-refractivity contribution in [1.82, 2.24) is 15.1 Å². The van der Waals surface area contributed by atoms with Crippen molar-refractivity contribution in [1.29, 1.82) is 0 Å². The third-order valence-electron chi connectivity index (χ3n) is 3.20. The number of nitrogens with one attached hydrogen (secondary N) is 1. The standard InChI is InChI=1S/C13H21N3O/c1-4-6-10-12(11(5-2)16(3)15-10)13(17)14-9-7-8-9/h9H,4-8H2,1-3H3,(H,14,17). The van der Waals surface area contributed by atoms with Crippen molar-refractivity contribution in [3.8, 4) is 0 Å². The first-order valence-corrected chi connectivity index (χ1v) is 6.53. The zero-order valence-corrected chi connectivity index (χ0v) is 10.9. The largest absolute Gasteiger partial charge is 0.349 e. The minimum atomic E-state index is 0.0703. The molecule has 0 radical (unpaired) electrons. The Morgan fingerprint density at radius 3 is 2.71 bits per heavy atom. The van der Waals surface area contributed by atoms with Crippen LogP contribution in [-0.4, -0.2) is 21.7 Å². The zero-order chi connectivity index (χ0) is 12.4. The molecule has 1 N–H and O–H groups in total. The van der Waals surface area contributed by atoms with Gasteiger partial charge in [0.1, 0.15) is 0 Å². The third kappa shape index (κ3) is 2.51. The summed E-state index contributed by atoms with van der Waals surface area (Å²) in [4.78, 5) is 12.2. The second kappa shape index (κ2) is 4.90. The molecule has 0 atom stereocenters. The number of hydrogen-bond donors (Lipinski definition) is 1. The molecule has 2 rings (SSSR count). The molecule has 0 aliphatic heterocycles. The van der Waals surface area contributed by atoms with Gasteiger partial charge in [-0.3, -0.25) is 9.48 Å². The normalized spacial score (nSPS) is 15.0. The molecular formula is C13H21N3O. The monoisotopic (exact) mass is 235 g/mol. The number of aryl methyl sites for hydroxylation is 2. The van der Waals surface area contributed by atoms with E-state index in [0.717, 1.165) is 49.1 Å². The number of carbonyl (C=O) groups is 1. The van der Waals surface area contributed by atoms with E-state index in [1.807, 2.05) is 11.7 Å². The third-order valence-corrected chi connectivity index (χ3v) is 3.20. The number of aromatic nitrogens is 2. The van der Waals surface area contributed by atoms with Gasteiger partial charge < -0.3 is 5.32 Å². The number of amides is 1. The lowest BCUT2D eigenvalue weighted by Crippen LogP contribution is -2.27. The molecule has 0 spiro atoms. The highest BCUT2D eigenvalue weighted by Crippen LogP contribution is 2.22. The van der Waals surface area contributed by atoms with E-state index in [2.05, 4.69) is 24.3 Å². The zero-order valence-electron chi connectivity index (χ0n) is 10.9. The first kappa shape index (κ1) is 12.1. The molecule has 1 heterocycles. The summed E-state index contributed by atoms with van der Waals surface area (Å²) in [5, 5.41) is 7.54. The van der Waals surface area contributed by atoms with Gasteiger partial charge in [-0.1, -0.05) is 20.3 Å². The van der Waals surface area contributed by atoms with E-state index in [9.17, 15) is 4.79 Å². The van der Waals surface area contributed by atoms with E-state index >= 15 is 0 Å². The second-order valence-electron chi connectivity index (χ2n) is 4.74. The molecule has 0 unspecified atom stereocenters. The lowest BCUT2D eigenvalue weighted by atomic mass is 10.1. The Labute approximate surface area is 102 Å². The maximum absolute atomic E-state index is 12.2. The van der Waals surface area contributed by atoms with Gasteiger partial charge in [-0.05, 0) is 25.7 Å². The molecule has 1 fully saturated rings. The predicted molar refractivity (Wildman–Crippen MR) is 67.1 cm³/mol. The molecule has 1 saturated carbocycles. The van der Waals surface area contributed by atoms with Crippen molar-refractivity contribution >= 4 is 5.91 Å². The maximum Gasteiger partial charge on any atom is 0.255 e. The van der Waals surface area contributed by atoms with E-state index in [0.29, 0.717) is 6.04 Å². The summed E-state index contributed by atoms with van der Waals surface area (Å²) >= 11 is 0. The van der Waals surface area contributed by atoms with Gasteiger partial charge in [-0.25, -0.2) is 0 Å². The topological polar surface area (TPSA) is 46.9 Å². The summed E-state index contributed by atoms with van der Waals surface area (Å²) in [6.45, 7) is 4.18. The van der Waals surface area contributed by atoms with Gasteiger partial charge in [0.25, 0.3) is 5.91 Å². The molecule has 1 aromatic rings. The Hall–Kier alpha value is -1.32. The molecule has 1 aliphatic rings. The molecule has 4 nitrogen and oxygen atoms in total. The molecule has 17 heavy (non-hydrogen) atoms. The predicted octanol–water partition coefficient (Wildman–Crippen LogP) is 1.83. The van der Waals surface area contributed by atoms with Crippen molar-refractivity contribution in [2.75, 3.05) is 0 Å². The fraction of sp³-hybridized carbons (Fsp3) is 0.692. The fourth-order valence-electron chi connectivity index (χ4n) is 2.18. The average Bonchev–Trinajstić information content (AvgIpc) is 3.02. The molecule has 1 aromatic heterocycles. The number of hydrogen-bond acceptors (Lipinski definition) is 2. The van der Waals surface area contributed by atoms with Crippen molar-refractivity contribution in [2.24, 2.45) is 7.05 Å². The van der Waals surface area contributed by atoms with E-state index in [1.54, 1.807) is 0 Å². The number of nitrogens with zero attached hydrogens (tertiary/aromatic N) is 2. The van der Waals surface area contributed by atoms with Crippen LogP contribution in [0.2, 0.25) is 0 Å². The summed E-state index contributed by atoms with van der Waals surface area (Å²) in [7, 11) is 1.92. The van der Waals surface area contributed by atoms with Crippen LogP contribution in [0.1, 0.15) is 54.9 Å². The lowest BCUT2D eigenvalue weighted by Gasteiger charge is -2.06. The fourth-order valence-corrected chi connectivity index (χ4v) is 2.18. The second-order valence-corrected chi connectivity index (χ2v) is 4.74. The van der Waals surface area contributed by atoms with Gasteiger partial charge in [0.2, 0.25) is 0 Å². The Morgan fingerprint density at radius 1 is 1.47 bits per heavy atom. The molecule has 0 aromatic carbocycles. The molecule has 1 amide bonds. The minimum Gasteiger partial charge on any atom is -0.349 e. The van der Waals surface area contributed by atoms with Crippen molar-refractivity contribution in [2.45, 2.75) is 52.0 Å². The van der Waals surface area contributed by atoms with Gasteiger partial charge in [0.15, 0.2) is 0 Å². The Balaban J connectivity index is 2.29. The van der Waals surface area contributed by atoms with Crippen LogP contribution < -0.4 is 5.32 Å². The van der Waals surface area contributed by atoms with E-state index in [1.165, 1.54) is 0 Å². The molecule has 0 bridgehead atoms. The van der Waals surface area contributed by atoms with Crippen LogP contribution in [0.5, 0.6) is 0 Å². The summed E-state index contributed by atoms with van der Waals surface area (Å²) in [6.07, 6.45) is 4.99. The van der Waals surface area contributed by atoms with Crippen molar-refractivity contribution in [3.63, 3.8) is 0 Å². The summed E-state index contributed by atoms with van der Waals surface area (Å²) < 4.78 is 1.85. The highest BCUT2D eigenvalue weighted by molar-refractivity contribution is 5.96. The smallest absolute Gasteiger partial charge is 0.255 e. The van der Waals surface area contributed by atoms with Gasteiger partial charge >= 0.3 is 0 Å². The Bertz CT molecular complexity index is 419. The van der Waals surface area contributed by atoms with Gasteiger partial charge in [-0.2, -0.15) is 5.10 Å². The quantitative estimate of drug-likeness (QED) is 0.846. The first-order valence-electron chi connectivity index (χ1n) is 6.53. The van der Waals surface area contributed by atoms with E-state index in [4.69, 9.17) is 0 Å². The Kier molecular flexibility index (Phi) is 3.50. The van der Waals surface area contributed by atoms with Crippen LogP contribution in [0, 0.1) is 0 Å². The van der Waals surface area contributed by atoms with Crippen LogP contribution in [0.4, 0.5) is 0 Å². The van der Waals surface area contributed by atoms with Crippen LogP contribution in [0.15, 0.2) is 0 Å². The molecular weight excluding hydrogens is 214 g/mol. The maximum atomic E-state index is 12.2. The summed E-state index contributed by atoms with van der Waals surface area (Å²) in [5.74, 6) is 0.0703. The van der Waals surface area contributed by atoms with Crippen molar-refractivity contribution < 1.29 is 4.79 Å². The van der Waals surface area contributed by atoms with E-state index in [-0.39, 0.29) is 5.91 Å². The van der Waals surface area contributed by atoms with Crippen molar-refractivity contribution in [3.05, 3.63) is 17.0 Å². The minimum absolute atomic E-state index is 0.0703. The van der Waals surface area contributed by atoms with E-state index < -0.39 is 0 Å². The van der Waals surface area contributed by atoms with Crippen LogP contribution in [-0.2, 0) is 19.9 Å². The average molecular weight is 235 g/mol. The van der Waals surface area contributed by atoms with Crippen LogP contribution >= 0.6 is 0 Å². The highest BCUT2D eigenvalue weighted by Gasteiger charge is 2.27. The van der Waals surface area contributed by atoms with Crippen LogP contribution in [0.25, 0.3) is 0 Å². The lowest BCUT2D eigenvalue weighted by molar-refractivity contribution is 0.0949. The summed E-state index contributed by atoms with van der Waals surface area (Å²) in [5.41, 5.74) is 2.82. The van der Waals surface area contributed by atoms with Gasteiger partial charge in [0.05, 0.1) is 17.0 Å². The van der Waals surface area contributed by atoms with Crippen LogP contribution in [0.3, 0.4) is 0 Å².